The third kappa shape index (κ3) is 3.89. The van der Waals surface area contributed by atoms with E-state index in [0.29, 0.717) is 16.8 Å². The molecular weight excluding hydrogens is 376 g/mol. The number of benzene rings is 2. The number of para-hydroxylation sites is 1. The van der Waals surface area contributed by atoms with Crippen LogP contribution in [-0.2, 0) is 10.0 Å². The van der Waals surface area contributed by atoms with Gasteiger partial charge in [-0.3, -0.25) is 9.52 Å². The Hall–Kier alpha value is -2.77. The molecule has 2 aromatic carbocycles. The zero-order valence-electron chi connectivity index (χ0n) is 13.7. The highest BCUT2D eigenvalue weighted by molar-refractivity contribution is 7.92. The number of aryl methyl sites for hydroxylation is 1. The number of furan rings is 1. The minimum Gasteiger partial charge on any atom is -0.472 e. The SMILES string of the molecule is Cc1ccc(NC(=O)c2ccoc2)cc1S(=O)(=O)Nc1ccccc1Cl. The predicted molar refractivity (Wildman–Crippen MR) is 100 cm³/mol. The summed E-state index contributed by atoms with van der Waals surface area (Å²) in [4.78, 5) is 12.1. The summed E-state index contributed by atoms with van der Waals surface area (Å²) in [5.74, 6) is -0.398. The minimum atomic E-state index is -3.88. The van der Waals surface area contributed by atoms with E-state index in [-0.39, 0.29) is 15.6 Å². The maximum Gasteiger partial charge on any atom is 0.262 e. The van der Waals surface area contributed by atoms with Crippen LogP contribution in [0.1, 0.15) is 15.9 Å². The van der Waals surface area contributed by atoms with Crippen LogP contribution in [0, 0.1) is 6.92 Å². The Morgan fingerprint density at radius 1 is 1.12 bits per heavy atom. The maximum atomic E-state index is 12.7. The van der Waals surface area contributed by atoms with Gasteiger partial charge in [0.1, 0.15) is 6.26 Å². The predicted octanol–water partition coefficient (Wildman–Crippen LogP) is 4.29. The van der Waals surface area contributed by atoms with Crippen LogP contribution in [-0.4, -0.2) is 14.3 Å². The number of anilines is 2. The third-order valence-electron chi connectivity index (χ3n) is 3.64. The number of hydrogen-bond acceptors (Lipinski definition) is 4. The molecule has 3 rings (SSSR count). The van der Waals surface area contributed by atoms with Gasteiger partial charge >= 0.3 is 0 Å². The second kappa shape index (κ2) is 7.23. The van der Waals surface area contributed by atoms with Crippen LogP contribution in [0.5, 0.6) is 0 Å². The van der Waals surface area contributed by atoms with Gasteiger partial charge in [0.05, 0.1) is 27.4 Å². The lowest BCUT2D eigenvalue weighted by atomic mass is 10.2. The summed E-state index contributed by atoms with van der Waals surface area (Å²) >= 11 is 6.02. The molecule has 0 spiro atoms. The first kappa shape index (κ1) is 18.0. The van der Waals surface area contributed by atoms with Crippen LogP contribution >= 0.6 is 11.6 Å². The summed E-state index contributed by atoms with van der Waals surface area (Å²) in [6, 6.07) is 12.7. The standard InChI is InChI=1S/C18H15ClN2O4S/c1-12-6-7-14(20-18(22)13-8-9-25-11-13)10-17(12)26(23,24)21-16-5-3-2-4-15(16)19/h2-11,21H,1H3,(H,20,22). The molecule has 0 unspecified atom stereocenters. The lowest BCUT2D eigenvalue weighted by molar-refractivity contribution is 0.102. The summed E-state index contributed by atoms with van der Waals surface area (Å²) in [6.45, 7) is 1.67. The van der Waals surface area contributed by atoms with Gasteiger partial charge in [-0.2, -0.15) is 0 Å². The Balaban J connectivity index is 1.89. The quantitative estimate of drug-likeness (QED) is 0.680. The Morgan fingerprint density at radius 3 is 2.58 bits per heavy atom. The van der Waals surface area contributed by atoms with Crippen LogP contribution in [0.25, 0.3) is 0 Å². The van der Waals surface area contributed by atoms with Gasteiger partial charge in [0.2, 0.25) is 0 Å². The van der Waals surface area contributed by atoms with Gasteiger partial charge in [-0.1, -0.05) is 29.8 Å². The zero-order valence-corrected chi connectivity index (χ0v) is 15.3. The molecule has 0 radical (unpaired) electrons. The second-order valence-corrected chi connectivity index (χ2v) is 7.59. The van der Waals surface area contributed by atoms with Crippen molar-refractivity contribution >= 4 is 38.9 Å². The first-order valence-electron chi connectivity index (χ1n) is 7.58. The lowest BCUT2D eigenvalue weighted by Crippen LogP contribution is -2.16. The van der Waals surface area contributed by atoms with Crippen molar-refractivity contribution in [3.63, 3.8) is 0 Å². The highest BCUT2D eigenvalue weighted by atomic mass is 35.5. The van der Waals surface area contributed by atoms with E-state index in [4.69, 9.17) is 16.0 Å². The number of carbonyl (C=O) groups is 1. The molecule has 0 fully saturated rings. The van der Waals surface area contributed by atoms with E-state index in [1.807, 2.05) is 0 Å². The second-order valence-electron chi connectivity index (χ2n) is 5.53. The van der Waals surface area contributed by atoms with Crippen molar-refractivity contribution in [3.05, 3.63) is 77.2 Å². The molecule has 0 atom stereocenters. The fourth-order valence-electron chi connectivity index (χ4n) is 2.31. The fraction of sp³-hybridized carbons (Fsp3) is 0.0556. The molecule has 6 nitrogen and oxygen atoms in total. The molecule has 0 saturated heterocycles. The fourth-order valence-corrected chi connectivity index (χ4v) is 3.90. The maximum absolute atomic E-state index is 12.7. The number of hydrogen-bond donors (Lipinski definition) is 2. The normalized spacial score (nSPS) is 11.2. The van der Waals surface area contributed by atoms with Gasteiger partial charge in [0.15, 0.2) is 0 Å². The molecule has 0 aliphatic rings. The van der Waals surface area contributed by atoms with Gasteiger partial charge in [-0.05, 0) is 42.8 Å². The van der Waals surface area contributed by atoms with Crippen LogP contribution in [0.3, 0.4) is 0 Å². The van der Waals surface area contributed by atoms with Crippen molar-refractivity contribution < 1.29 is 17.6 Å². The summed E-state index contributed by atoms with van der Waals surface area (Å²) in [7, 11) is -3.88. The molecule has 1 aromatic heterocycles. The highest BCUT2D eigenvalue weighted by Gasteiger charge is 2.19. The number of carbonyl (C=O) groups excluding carboxylic acids is 1. The summed E-state index contributed by atoms with van der Waals surface area (Å²) < 4.78 is 32.8. The molecule has 0 aliphatic heterocycles. The van der Waals surface area contributed by atoms with Gasteiger partial charge < -0.3 is 9.73 Å². The number of amides is 1. The Kier molecular flexibility index (Phi) is 5.01. The molecule has 1 heterocycles. The number of rotatable bonds is 5. The molecule has 2 N–H and O–H groups in total. The van der Waals surface area contributed by atoms with Crippen molar-refractivity contribution in [1.29, 1.82) is 0 Å². The van der Waals surface area contributed by atoms with Gasteiger partial charge in [0, 0.05) is 5.69 Å². The van der Waals surface area contributed by atoms with Crippen molar-refractivity contribution in [2.45, 2.75) is 11.8 Å². The van der Waals surface area contributed by atoms with E-state index in [1.54, 1.807) is 43.3 Å². The summed E-state index contributed by atoms with van der Waals surface area (Å²) in [6.07, 6.45) is 2.69. The molecule has 0 bridgehead atoms. The van der Waals surface area contributed by atoms with E-state index in [9.17, 15) is 13.2 Å². The molecule has 8 heteroatoms. The first-order valence-corrected chi connectivity index (χ1v) is 9.44. The Morgan fingerprint density at radius 2 is 1.88 bits per heavy atom. The molecule has 134 valence electrons. The molecule has 0 aliphatic carbocycles. The van der Waals surface area contributed by atoms with Crippen LogP contribution in [0.15, 0.2) is 70.4 Å². The van der Waals surface area contributed by atoms with E-state index < -0.39 is 15.9 Å². The molecule has 3 aromatic rings. The lowest BCUT2D eigenvalue weighted by Gasteiger charge is -2.13. The Bertz CT molecular complexity index is 1050. The third-order valence-corrected chi connectivity index (χ3v) is 5.47. The number of nitrogens with one attached hydrogen (secondary N) is 2. The average Bonchev–Trinajstić information content (AvgIpc) is 3.13. The summed E-state index contributed by atoms with van der Waals surface area (Å²) in [5.41, 5.74) is 1.50. The molecular formula is C18H15ClN2O4S. The van der Waals surface area contributed by atoms with E-state index in [2.05, 4.69) is 10.0 Å². The summed E-state index contributed by atoms with van der Waals surface area (Å²) in [5, 5.41) is 2.93. The van der Waals surface area contributed by atoms with Gasteiger partial charge in [0.25, 0.3) is 15.9 Å². The zero-order chi connectivity index (χ0) is 18.7. The topological polar surface area (TPSA) is 88.4 Å². The number of sulfonamides is 1. The van der Waals surface area contributed by atoms with E-state index >= 15 is 0 Å². The minimum absolute atomic E-state index is 0.0439. The van der Waals surface area contributed by atoms with Crippen LogP contribution in [0.4, 0.5) is 11.4 Å². The highest BCUT2D eigenvalue weighted by Crippen LogP contribution is 2.27. The van der Waals surface area contributed by atoms with Crippen molar-refractivity contribution in [2.75, 3.05) is 10.0 Å². The monoisotopic (exact) mass is 390 g/mol. The first-order chi connectivity index (χ1) is 12.4. The average molecular weight is 391 g/mol. The van der Waals surface area contributed by atoms with Crippen LogP contribution in [0.2, 0.25) is 5.02 Å². The molecule has 26 heavy (non-hydrogen) atoms. The molecule has 1 amide bonds. The van der Waals surface area contributed by atoms with Crippen molar-refractivity contribution in [1.82, 2.24) is 0 Å². The Labute approximate surface area is 155 Å². The van der Waals surface area contributed by atoms with E-state index in [1.165, 1.54) is 24.7 Å². The van der Waals surface area contributed by atoms with Gasteiger partial charge in [-0.25, -0.2) is 8.42 Å². The van der Waals surface area contributed by atoms with E-state index in [0.717, 1.165) is 0 Å². The number of halogens is 1. The smallest absolute Gasteiger partial charge is 0.262 e. The van der Waals surface area contributed by atoms with Crippen molar-refractivity contribution in [3.8, 4) is 0 Å². The molecule has 0 saturated carbocycles. The van der Waals surface area contributed by atoms with Crippen molar-refractivity contribution in [2.24, 2.45) is 0 Å². The largest absolute Gasteiger partial charge is 0.472 e. The van der Waals surface area contributed by atoms with Gasteiger partial charge in [-0.15, -0.1) is 0 Å². The van der Waals surface area contributed by atoms with Crippen LogP contribution < -0.4 is 10.0 Å².